The SMILES string of the molecule is CO[Si](CC[S][Sn]([CH3])([CH3])[S]CC[Si](OC)(OC)OC)(OC)OC. The van der Waals surface area contributed by atoms with Gasteiger partial charge in [-0.25, -0.2) is 0 Å². The molecular formula is C12H32O6S2Si2Sn. The molecule has 0 atom stereocenters. The minimum atomic E-state index is -2.45. The maximum absolute atomic E-state index is 5.47. The van der Waals surface area contributed by atoms with E-state index < -0.39 is 33.2 Å². The van der Waals surface area contributed by atoms with Gasteiger partial charge in [-0.05, 0) is 0 Å². The van der Waals surface area contributed by atoms with Gasteiger partial charge in [-0.2, -0.15) is 0 Å². The Morgan fingerprint density at radius 2 is 0.870 bits per heavy atom. The van der Waals surface area contributed by atoms with Gasteiger partial charge in [0, 0.05) is 0 Å². The summed E-state index contributed by atoms with van der Waals surface area (Å²) in [5, 5.41) is 0. The van der Waals surface area contributed by atoms with Crippen LogP contribution in [0.25, 0.3) is 0 Å². The molecule has 0 rings (SSSR count). The van der Waals surface area contributed by atoms with Crippen molar-refractivity contribution < 1.29 is 26.6 Å². The first-order valence-corrected chi connectivity index (χ1v) is 25.9. The van der Waals surface area contributed by atoms with Gasteiger partial charge in [0.1, 0.15) is 0 Å². The number of hydrogen-bond donors (Lipinski definition) is 0. The van der Waals surface area contributed by atoms with E-state index in [1.165, 1.54) is 0 Å². The summed E-state index contributed by atoms with van der Waals surface area (Å²) in [5.41, 5.74) is 0. The fraction of sp³-hybridized carbons (Fsp3) is 1.00. The normalized spacial score (nSPS) is 13.6. The summed E-state index contributed by atoms with van der Waals surface area (Å²) in [6.45, 7) is 0. The molecule has 0 aliphatic carbocycles. The summed E-state index contributed by atoms with van der Waals surface area (Å²) < 4.78 is 32.8. The summed E-state index contributed by atoms with van der Waals surface area (Å²) in [6.07, 6.45) is 0. The fourth-order valence-corrected chi connectivity index (χ4v) is 27.5. The van der Waals surface area contributed by atoms with Crippen LogP contribution >= 0.6 is 17.9 Å². The van der Waals surface area contributed by atoms with Crippen molar-refractivity contribution in [1.29, 1.82) is 0 Å². The van der Waals surface area contributed by atoms with Crippen LogP contribution in [0.1, 0.15) is 0 Å². The van der Waals surface area contributed by atoms with Gasteiger partial charge in [0.2, 0.25) is 0 Å². The van der Waals surface area contributed by atoms with Crippen molar-refractivity contribution in [3.05, 3.63) is 0 Å². The molecule has 0 aliphatic rings. The predicted molar refractivity (Wildman–Crippen MR) is 106 cm³/mol. The van der Waals surface area contributed by atoms with Crippen LogP contribution in [0.5, 0.6) is 0 Å². The van der Waals surface area contributed by atoms with Gasteiger partial charge in [0.25, 0.3) is 0 Å². The van der Waals surface area contributed by atoms with Crippen LogP contribution in [0.3, 0.4) is 0 Å². The second kappa shape index (κ2) is 12.1. The Hall–Kier alpha value is 1.69. The molecule has 0 saturated carbocycles. The first kappa shape index (κ1) is 24.7. The molecule has 0 aromatic heterocycles. The van der Waals surface area contributed by atoms with E-state index in [-0.39, 0.29) is 0 Å². The van der Waals surface area contributed by atoms with E-state index in [2.05, 4.69) is 27.8 Å². The van der Waals surface area contributed by atoms with E-state index in [9.17, 15) is 0 Å². The standard InChI is InChI=1S/2C5H14O3SSi.2CH3.Sn/c2*1-6-10(7-2,8-3)5-4-9;;;/h2*9H,4-5H2,1-3H3;2*1H3;/q;;;;+2/p-2. The number of hydrogen-bond acceptors (Lipinski definition) is 8. The molecule has 0 N–H and O–H groups in total. The average Bonchev–Trinajstić information content (AvgIpc) is 2.56. The third-order valence-electron chi connectivity index (χ3n) is 3.58. The monoisotopic (exact) mass is 512 g/mol. The quantitative estimate of drug-likeness (QED) is 0.330. The first-order valence-electron chi connectivity index (χ1n) is 7.37. The maximum atomic E-state index is 5.47. The first-order chi connectivity index (χ1) is 10.8. The third-order valence-corrected chi connectivity index (χ3v) is 32.1. The number of rotatable bonds is 14. The molecule has 0 aromatic carbocycles. The zero-order valence-electron chi connectivity index (χ0n) is 15.6. The van der Waals surface area contributed by atoms with E-state index in [0.29, 0.717) is 0 Å². The zero-order chi connectivity index (χ0) is 18.0. The van der Waals surface area contributed by atoms with Crippen molar-refractivity contribution in [2.75, 3.05) is 54.2 Å². The molecule has 0 unspecified atom stereocenters. The van der Waals surface area contributed by atoms with E-state index in [4.69, 9.17) is 26.6 Å². The van der Waals surface area contributed by atoms with Crippen molar-refractivity contribution in [3.63, 3.8) is 0 Å². The summed E-state index contributed by atoms with van der Waals surface area (Å²) in [5.74, 6) is 2.03. The topological polar surface area (TPSA) is 55.4 Å². The molecule has 0 saturated heterocycles. The average molecular weight is 511 g/mol. The van der Waals surface area contributed by atoms with Crippen molar-refractivity contribution in [1.82, 2.24) is 0 Å². The van der Waals surface area contributed by atoms with Crippen LogP contribution in [-0.4, -0.2) is 87.4 Å². The molecule has 0 aliphatic heterocycles. The molecule has 0 spiro atoms. The van der Waals surface area contributed by atoms with Crippen LogP contribution in [0, 0.1) is 0 Å². The Morgan fingerprint density at radius 3 is 1.09 bits per heavy atom. The molecule has 140 valence electrons. The Morgan fingerprint density at radius 1 is 0.609 bits per heavy atom. The summed E-state index contributed by atoms with van der Waals surface area (Å²) in [6, 6.07) is 1.68. The van der Waals surface area contributed by atoms with E-state index in [1.807, 2.05) is 0 Å². The fourth-order valence-electron chi connectivity index (χ4n) is 2.00. The van der Waals surface area contributed by atoms with E-state index in [0.717, 1.165) is 23.6 Å². The molecule has 0 fully saturated rings. The summed E-state index contributed by atoms with van der Waals surface area (Å²) in [4.78, 5) is 4.85. The molecule has 0 radical (unpaired) electrons. The molecule has 0 aromatic rings. The molecule has 6 nitrogen and oxygen atoms in total. The van der Waals surface area contributed by atoms with Crippen molar-refractivity contribution in [2.24, 2.45) is 0 Å². The summed E-state index contributed by atoms with van der Waals surface area (Å²) >= 11 is -2.21. The molecular weight excluding hydrogens is 479 g/mol. The summed E-state index contributed by atoms with van der Waals surface area (Å²) in [7, 11) is 9.27. The van der Waals surface area contributed by atoms with Crippen LogP contribution in [-0.2, 0) is 26.6 Å². The molecule has 23 heavy (non-hydrogen) atoms. The Bertz CT molecular complexity index is 275. The Labute approximate surface area is 153 Å². The molecule has 0 bridgehead atoms. The van der Waals surface area contributed by atoms with Crippen LogP contribution < -0.4 is 0 Å². The van der Waals surface area contributed by atoms with Gasteiger partial charge in [0.15, 0.2) is 0 Å². The van der Waals surface area contributed by atoms with Gasteiger partial charge in [-0.3, -0.25) is 0 Å². The van der Waals surface area contributed by atoms with Crippen LogP contribution in [0.4, 0.5) is 0 Å². The Balaban J connectivity index is 4.29. The predicted octanol–water partition coefficient (Wildman–Crippen LogP) is 2.91. The van der Waals surface area contributed by atoms with E-state index in [1.54, 1.807) is 42.7 Å². The zero-order valence-corrected chi connectivity index (χ0v) is 22.1. The van der Waals surface area contributed by atoms with Gasteiger partial charge >= 0.3 is 154 Å². The van der Waals surface area contributed by atoms with Crippen LogP contribution in [0.15, 0.2) is 0 Å². The van der Waals surface area contributed by atoms with Crippen molar-refractivity contribution in [3.8, 4) is 0 Å². The van der Waals surface area contributed by atoms with Gasteiger partial charge in [-0.1, -0.05) is 0 Å². The molecule has 0 heterocycles. The van der Waals surface area contributed by atoms with E-state index >= 15 is 0 Å². The second-order valence-electron chi connectivity index (χ2n) is 5.19. The van der Waals surface area contributed by atoms with Crippen LogP contribution in [0.2, 0.25) is 22.0 Å². The second-order valence-corrected chi connectivity index (χ2v) is 41.1. The molecule has 11 heteroatoms. The Kier molecular flexibility index (Phi) is 13.0. The van der Waals surface area contributed by atoms with Crippen molar-refractivity contribution in [2.45, 2.75) is 22.0 Å². The van der Waals surface area contributed by atoms with Gasteiger partial charge in [0.05, 0.1) is 0 Å². The van der Waals surface area contributed by atoms with Gasteiger partial charge < -0.3 is 0 Å². The van der Waals surface area contributed by atoms with Gasteiger partial charge in [-0.15, -0.1) is 0 Å². The van der Waals surface area contributed by atoms with Crippen molar-refractivity contribution >= 4 is 51.1 Å². The molecule has 0 amide bonds. The third kappa shape index (κ3) is 8.75. The minimum absolute atomic E-state index is 0.842.